The van der Waals surface area contributed by atoms with Gasteiger partial charge in [0.1, 0.15) is 5.82 Å². The highest BCUT2D eigenvalue weighted by Crippen LogP contribution is 2.34. The van der Waals surface area contributed by atoms with E-state index in [0.717, 1.165) is 12.8 Å². The fourth-order valence-corrected chi connectivity index (χ4v) is 3.47. The van der Waals surface area contributed by atoms with Crippen LogP contribution in [0.1, 0.15) is 23.2 Å². The van der Waals surface area contributed by atoms with Gasteiger partial charge in [-0.1, -0.05) is 33.6 Å². The molecule has 0 spiro atoms. The molecule has 1 aromatic rings. The summed E-state index contributed by atoms with van der Waals surface area (Å²) in [5.74, 6) is -0.420. The Kier molecular flexibility index (Phi) is 4.28. The van der Waals surface area contributed by atoms with Crippen molar-refractivity contribution in [2.45, 2.75) is 17.7 Å². The van der Waals surface area contributed by atoms with E-state index in [1.165, 1.54) is 18.2 Å². The Morgan fingerprint density at radius 1 is 1.56 bits per heavy atom. The molecular weight excluding hydrogens is 321 g/mol. The Morgan fingerprint density at radius 2 is 2.22 bits per heavy atom. The van der Waals surface area contributed by atoms with Gasteiger partial charge in [0.05, 0.1) is 10.6 Å². The van der Waals surface area contributed by atoms with Crippen LogP contribution in [0.2, 0.25) is 5.02 Å². The van der Waals surface area contributed by atoms with E-state index in [1.54, 1.807) is 11.9 Å². The summed E-state index contributed by atoms with van der Waals surface area (Å²) in [7, 11) is 1.69. The molecule has 1 saturated carbocycles. The van der Waals surface area contributed by atoms with Crippen LogP contribution in [0.25, 0.3) is 0 Å². The molecule has 98 valence electrons. The van der Waals surface area contributed by atoms with Crippen LogP contribution < -0.4 is 0 Å². The summed E-state index contributed by atoms with van der Waals surface area (Å²) in [4.78, 5) is 14.2. The molecule has 1 aromatic carbocycles. The van der Waals surface area contributed by atoms with Crippen molar-refractivity contribution >= 4 is 33.4 Å². The van der Waals surface area contributed by atoms with Crippen molar-refractivity contribution in [1.29, 1.82) is 0 Å². The third kappa shape index (κ3) is 2.86. The topological polar surface area (TPSA) is 20.3 Å². The van der Waals surface area contributed by atoms with Crippen molar-refractivity contribution in [1.82, 2.24) is 4.90 Å². The summed E-state index contributed by atoms with van der Waals surface area (Å²) in [5.41, 5.74) is -0.0311. The molecule has 0 aliphatic heterocycles. The molecule has 1 amide bonds. The van der Waals surface area contributed by atoms with Gasteiger partial charge in [-0.15, -0.1) is 0 Å². The molecule has 0 N–H and O–H groups in total. The number of rotatable bonds is 3. The molecule has 1 fully saturated rings. The maximum absolute atomic E-state index is 13.6. The average molecular weight is 335 g/mol. The molecule has 2 nitrogen and oxygen atoms in total. The number of hydrogen-bond acceptors (Lipinski definition) is 1. The highest BCUT2D eigenvalue weighted by molar-refractivity contribution is 9.09. The highest BCUT2D eigenvalue weighted by atomic mass is 79.9. The molecule has 0 aromatic heterocycles. The first kappa shape index (κ1) is 13.8. The van der Waals surface area contributed by atoms with Crippen LogP contribution in [0.3, 0.4) is 0 Å². The molecule has 5 heteroatoms. The Morgan fingerprint density at radius 3 is 2.78 bits per heavy atom. The van der Waals surface area contributed by atoms with E-state index < -0.39 is 5.82 Å². The van der Waals surface area contributed by atoms with Crippen LogP contribution >= 0.6 is 27.5 Å². The van der Waals surface area contributed by atoms with E-state index in [1.807, 2.05) is 0 Å². The lowest BCUT2D eigenvalue weighted by Gasteiger charge is -2.34. The van der Waals surface area contributed by atoms with Crippen molar-refractivity contribution in [2.75, 3.05) is 13.6 Å². The van der Waals surface area contributed by atoms with Crippen molar-refractivity contribution in [3.8, 4) is 0 Å². The van der Waals surface area contributed by atoms with Crippen LogP contribution in [-0.2, 0) is 0 Å². The van der Waals surface area contributed by atoms with Crippen molar-refractivity contribution in [3.05, 3.63) is 34.6 Å². The molecule has 1 aliphatic carbocycles. The maximum Gasteiger partial charge on any atom is 0.258 e. The molecule has 0 heterocycles. The van der Waals surface area contributed by atoms with Gasteiger partial charge >= 0.3 is 0 Å². The lowest BCUT2D eigenvalue weighted by atomic mass is 9.85. The molecule has 0 unspecified atom stereocenters. The number of carbonyl (C=O) groups is 1. The Balaban J connectivity index is 2.06. The summed E-state index contributed by atoms with van der Waals surface area (Å²) in [5, 5.41) is 0.166. The van der Waals surface area contributed by atoms with Gasteiger partial charge < -0.3 is 4.90 Å². The summed E-state index contributed by atoms with van der Waals surface area (Å²) in [6.07, 6.45) is 2.12. The van der Waals surface area contributed by atoms with Crippen molar-refractivity contribution in [3.63, 3.8) is 0 Å². The van der Waals surface area contributed by atoms with Crippen LogP contribution in [0.5, 0.6) is 0 Å². The summed E-state index contributed by atoms with van der Waals surface area (Å²) >= 11 is 9.39. The predicted molar refractivity (Wildman–Crippen MR) is 73.8 cm³/mol. The number of halogens is 3. The zero-order chi connectivity index (χ0) is 13.3. The minimum atomic E-state index is -0.564. The Bertz CT molecular complexity index is 442. The van der Waals surface area contributed by atoms with E-state index >= 15 is 0 Å². The van der Waals surface area contributed by atoms with Gasteiger partial charge in [-0.3, -0.25) is 4.79 Å². The number of benzene rings is 1. The van der Waals surface area contributed by atoms with Gasteiger partial charge in [-0.2, -0.15) is 0 Å². The fourth-order valence-electron chi connectivity index (χ4n) is 2.17. The quantitative estimate of drug-likeness (QED) is 0.771. The van der Waals surface area contributed by atoms with Gasteiger partial charge in [0.25, 0.3) is 5.91 Å². The first-order chi connectivity index (χ1) is 8.49. The van der Waals surface area contributed by atoms with Gasteiger partial charge in [0.2, 0.25) is 0 Å². The zero-order valence-electron chi connectivity index (χ0n) is 10.00. The SMILES string of the molecule is CN(CC1CC(Br)C1)C(=O)c1c(F)cccc1Cl. The standard InChI is InChI=1S/C13H14BrClFNO/c1-17(7-8-5-9(14)6-8)13(18)12-10(15)3-2-4-11(12)16/h2-4,8-9H,5-7H2,1H3. The molecular formula is C13H14BrClFNO. The number of carbonyl (C=O) groups excluding carboxylic acids is 1. The molecule has 2 rings (SSSR count). The van der Waals surface area contributed by atoms with Crippen molar-refractivity contribution < 1.29 is 9.18 Å². The smallest absolute Gasteiger partial charge is 0.258 e. The third-order valence-corrected chi connectivity index (χ3v) is 4.30. The third-order valence-electron chi connectivity index (χ3n) is 3.23. The minimum Gasteiger partial charge on any atom is -0.341 e. The maximum atomic E-state index is 13.6. The summed E-state index contributed by atoms with van der Waals surface area (Å²) in [6, 6.07) is 4.28. The monoisotopic (exact) mass is 333 g/mol. The number of alkyl halides is 1. The van der Waals surface area contributed by atoms with Gasteiger partial charge in [0.15, 0.2) is 0 Å². The van der Waals surface area contributed by atoms with Crippen LogP contribution in [0, 0.1) is 11.7 Å². The first-order valence-corrected chi connectivity index (χ1v) is 7.12. The van der Waals surface area contributed by atoms with E-state index in [4.69, 9.17) is 11.6 Å². The van der Waals surface area contributed by atoms with Crippen LogP contribution in [0.15, 0.2) is 18.2 Å². The largest absolute Gasteiger partial charge is 0.341 e. The Labute approximate surface area is 119 Å². The second-order valence-electron chi connectivity index (χ2n) is 4.72. The molecule has 0 radical (unpaired) electrons. The summed E-state index contributed by atoms with van der Waals surface area (Å²) < 4.78 is 13.6. The van der Waals surface area contributed by atoms with Gasteiger partial charge in [0, 0.05) is 18.4 Å². The van der Waals surface area contributed by atoms with E-state index in [0.29, 0.717) is 17.3 Å². The number of amides is 1. The molecule has 0 bridgehead atoms. The molecule has 18 heavy (non-hydrogen) atoms. The Hall–Kier alpha value is -0.610. The fraction of sp³-hybridized carbons (Fsp3) is 0.462. The zero-order valence-corrected chi connectivity index (χ0v) is 12.3. The normalized spacial score (nSPS) is 22.4. The highest BCUT2D eigenvalue weighted by Gasteiger charge is 2.29. The lowest BCUT2D eigenvalue weighted by Crippen LogP contribution is -2.38. The van der Waals surface area contributed by atoms with E-state index in [9.17, 15) is 9.18 Å². The predicted octanol–water partition coefficient (Wildman–Crippen LogP) is 3.72. The molecule has 0 saturated heterocycles. The molecule has 0 atom stereocenters. The average Bonchev–Trinajstić information content (AvgIpc) is 2.26. The second kappa shape index (κ2) is 5.57. The second-order valence-corrected chi connectivity index (χ2v) is 6.42. The van der Waals surface area contributed by atoms with Crippen LogP contribution in [0.4, 0.5) is 4.39 Å². The van der Waals surface area contributed by atoms with Crippen molar-refractivity contribution in [2.24, 2.45) is 5.92 Å². The number of nitrogens with zero attached hydrogens (tertiary/aromatic N) is 1. The van der Waals surface area contributed by atoms with Gasteiger partial charge in [-0.05, 0) is 30.9 Å². The lowest BCUT2D eigenvalue weighted by molar-refractivity contribution is 0.0744. The van der Waals surface area contributed by atoms with Gasteiger partial charge in [-0.25, -0.2) is 4.39 Å². The number of hydrogen-bond donors (Lipinski definition) is 0. The van der Waals surface area contributed by atoms with E-state index in [-0.39, 0.29) is 16.5 Å². The molecule has 1 aliphatic rings. The van der Waals surface area contributed by atoms with Crippen LogP contribution in [-0.4, -0.2) is 29.2 Å². The first-order valence-electron chi connectivity index (χ1n) is 5.82. The van der Waals surface area contributed by atoms with E-state index in [2.05, 4.69) is 15.9 Å². The minimum absolute atomic E-state index is 0.0311. The summed E-state index contributed by atoms with van der Waals surface area (Å²) in [6.45, 7) is 0.644.